The number of nitrogens with zero attached hydrogens (tertiary/aromatic N) is 1. The standard InChI is InChI=1S/C46H32F3NO4S3/c1-24-27-21-37-30(19-28(27)42-32(15-17-55-42)45(24,2)25-11-7-5-8-12-25)39(40-41(49)34(47)22-35(48)44(40)57(51,52)53)31-20-29-36(23-38(31)54-37)50(4)46(3,26-13-9-6-10-14-26)33-16-18-56-43(29)33/h5-23H,1-4H3,(H,51,52,53)/p-1. The molecule has 2 unspecified atom stereocenters. The highest BCUT2D eigenvalue weighted by atomic mass is 32.2. The minimum Gasteiger partial charge on any atom is -0.744 e. The van der Waals surface area contributed by atoms with E-state index >= 15 is 13.2 Å². The molecule has 4 heterocycles. The van der Waals surface area contributed by atoms with Gasteiger partial charge in [-0.3, -0.25) is 0 Å². The number of hydrogen-bond donors (Lipinski definition) is 0. The molecule has 284 valence electrons. The molecule has 3 aliphatic rings. The lowest BCUT2D eigenvalue weighted by Crippen LogP contribution is -2.44. The Hall–Kier alpha value is -5.46. The lowest BCUT2D eigenvalue weighted by molar-refractivity contribution is 0.442. The normalized spacial score (nSPS) is 19.2. The van der Waals surface area contributed by atoms with Crippen LogP contribution in [0.3, 0.4) is 0 Å². The van der Waals surface area contributed by atoms with Gasteiger partial charge in [0.2, 0.25) is 0 Å². The van der Waals surface area contributed by atoms with Crippen molar-refractivity contribution >= 4 is 49.6 Å². The molecule has 10 rings (SSSR count). The van der Waals surface area contributed by atoms with Crippen molar-refractivity contribution in [1.82, 2.24) is 0 Å². The second-order valence-corrected chi connectivity index (χ2v) is 18.1. The first kappa shape index (κ1) is 35.9. The summed E-state index contributed by atoms with van der Waals surface area (Å²) >= 11 is 3.03. The van der Waals surface area contributed by atoms with Gasteiger partial charge in [-0.25, -0.2) is 21.6 Å². The maximum Gasteiger partial charge on any atom is 0.168 e. The number of anilines is 1. The van der Waals surface area contributed by atoms with Crippen LogP contribution in [0.1, 0.15) is 54.2 Å². The summed E-state index contributed by atoms with van der Waals surface area (Å²) in [6, 6.07) is 31.6. The molecule has 0 saturated carbocycles. The molecule has 2 aromatic heterocycles. The van der Waals surface area contributed by atoms with Gasteiger partial charge in [0.15, 0.2) is 11.6 Å². The minimum atomic E-state index is -5.68. The number of benzene rings is 5. The van der Waals surface area contributed by atoms with E-state index in [2.05, 4.69) is 62.1 Å². The van der Waals surface area contributed by atoms with Crippen molar-refractivity contribution in [3.8, 4) is 32.4 Å². The Labute approximate surface area is 335 Å². The van der Waals surface area contributed by atoms with Crippen molar-refractivity contribution in [3.63, 3.8) is 0 Å². The van der Waals surface area contributed by atoms with Crippen molar-refractivity contribution in [1.29, 1.82) is 0 Å². The van der Waals surface area contributed by atoms with E-state index in [1.807, 2.05) is 60.3 Å². The Kier molecular flexibility index (Phi) is 7.73. The van der Waals surface area contributed by atoms with Crippen LogP contribution in [0.15, 0.2) is 119 Å². The van der Waals surface area contributed by atoms with Gasteiger partial charge >= 0.3 is 0 Å². The Morgan fingerprint density at radius 3 is 2.00 bits per heavy atom. The van der Waals surface area contributed by atoms with Gasteiger partial charge in [-0.05, 0) is 83.8 Å². The van der Waals surface area contributed by atoms with E-state index in [-0.39, 0.29) is 33.9 Å². The van der Waals surface area contributed by atoms with Crippen molar-refractivity contribution < 1.29 is 30.9 Å². The number of thiophene rings is 2. The van der Waals surface area contributed by atoms with Crippen molar-refractivity contribution in [2.45, 2.75) is 36.6 Å². The van der Waals surface area contributed by atoms with Crippen LogP contribution in [0.2, 0.25) is 0 Å². The van der Waals surface area contributed by atoms with Crippen molar-refractivity contribution in [2.24, 2.45) is 0 Å². The van der Waals surface area contributed by atoms with Gasteiger partial charge in [0, 0.05) is 78.6 Å². The van der Waals surface area contributed by atoms with Crippen LogP contribution in [0.5, 0.6) is 11.5 Å². The van der Waals surface area contributed by atoms with Crippen molar-refractivity contribution in [2.75, 3.05) is 11.9 Å². The lowest BCUT2D eigenvalue weighted by Gasteiger charge is -2.46. The number of fused-ring (bicyclic) bond motifs is 8. The Morgan fingerprint density at radius 2 is 1.33 bits per heavy atom. The van der Waals surface area contributed by atoms with Gasteiger partial charge in [-0.1, -0.05) is 66.2 Å². The minimum absolute atomic E-state index is 0.100. The fourth-order valence-electron chi connectivity index (χ4n) is 9.21. The molecule has 0 fully saturated rings. The van der Waals surface area contributed by atoms with E-state index in [1.54, 1.807) is 18.2 Å². The quantitative estimate of drug-likeness (QED) is 0.131. The van der Waals surface area contributed by atoms with Gasteiger partial charge in [0.25, 0.3) is 0 Å². The van der Waals surface area contributed by atoms with Crippen LogP contribution in [-0.4, -0.2) is 20.0 Å². The molecule has 57 heavy (non-hydrogen) atoms. The Bertz CT molecular complexity index is 3120. The van der Waals surface area contributed by atoms with Crippen LogP contribution in [0, 0.1) is 17.5 Å². The van der Waals surface area contributed by atoms with Crippen LogP contribution in [-0.2, 0) is 21.1 Å². The molecule has 1 aliphatic carbocycles. The summed E-state index contributed by atoms with van der Waals surface area (Å²) in [5, 5.41) is 5.02. The molecule has 7 aromatic rings. The van der Waals surface area contributed by atoms with E-state index < -0.39 is 49.0 Å². The average Bonchev–Trinajstić information content (AvgIpc) is 3.91. The van der Waals surface area contributed by atoms with Gasteiger partial charge in [-0.2, -0.15) is 0 Å². The second kappa shape index (κ2) is 12.3. The van der Waals surface area contributed by atoms with Gasteiger partial charge in [-0.15, -0.1) is 22.7 Å². The molecule has 5 aromatic carbocycles. The third kappa shape index (κ3) is 4.86. The maximum atomic E-state index is 16.5. The molecule has 5 nitrogen and oxygen atoms in total. The van der Waals surface area contributed by atoms with E-state index in [4.69, 9.17) is 4.74 Å². The molecular formula is C46H31F3NO4S3-. The molecule has 11 heteroatoms. The molecular weight excluding hydrogens is 784 g/mol. The highest BCUT2D eigenvalue weighted by molar-refractivity contribution is 7.85. The summed E-state index contributed by atoms with van der Waals surface area (Å²) in [4.78, 5) is 2.50. The van der Waals surface area contributed by atoms with Crippen LogP contribution >= 0.6 is 22.7 Å². The van der Waals surface area contributed by atoms with Crippen molar-refractivity contribution in [3.05, 3.63) is 175 Å². The zero-order valence-corrected chi connectivity index (χ0v) is 33.4. The third-order valence-corrected chi connectivity index (χ3v) is 15.2. The first-order valence-electron chi connectivity index (χ1n) is 18.2. The summed E-state index contributed by atoms with van der Waals surface area (Å²) in [6.45, 7) is 6.35. The van der Waals surface area contributed by atoms with E-state index in [0.29, 0.717) is 0 Å². The zero-order valence-electron chi connectivity index (χ0n) is 30.9. The van der Waals surface area contributed by atoms with Crippen LogP contribution in [0.25, 0.3) is 32.0 Å². The predicted molar refractivity (Wildman–Crippen MR) is 218 cm³/mol. The van der Waals surface area contributed by atoms with Gasteiger partial charge < -0.3 is 14.2 Å². The fourth-order valence-corrected chi connectivity index (χ4v) is 12.0. The Balaban J connectivity index is 1.34. The van der Waals surface area contributed by atoms with Crippen LogP contribution < -0.4 is 20.1 Å². The number of rotatable bonds is 4. The molecule has 0 radical (unpaired) electrons. The van der Waals surface area contributed by atoms with E-state index in [1.165, 1.54) is 22.7 Å². The molecule has 0 amide bonds. The van der Waals surface area contributed by atoms with E-state index in [0.717, 1.165) is 59.6 Å². The predicted octanol–water partition coefficient (Wildman–Crippen LogP) is 10.0. The molecule has 0 spiro atoms. The monoisotopic (exact) mass is 814 g/mol. The largest absolute Gasteiger partial charge is 0.744 e. The Morgan fingerprint density at radius 1 is 0.702 bits per heavy atom. The SMILES string of the molecule is CC1=c2cc3c(cc2-c2sccc2C1(C)c1ccccc1)=C(c1c(F)c(F)cc(F)c1S(=O)(=O)[O-])c1cc2c(cc1O3)N(C)C(C)(c1ccccc1)c1ccsc1-2. The van der Waals surface area contributed by atoms with Gasteiger partial charge in [0.1, 0.15) is 32.3 Å². The van der Waals surface area contributed by atoms with E-state index in [9.17, 15) is 13.0 Å². The molecule has 0 N–H and O–H groups in total. The summed E-state index contributed by atoms with van der Waals surface area (Å²) in [5.74, 6) is -4.55. The fraction of sp³-hybridized carbons (Fsp3) is 0.130. The number of hydrogen-bond acceptors (Lipinski definition) is 7. The number of halogens is 3. The summed E-state index contributed by atoms with van der Waals surface area (Å²) in [6.07, 6.45) is 0. The third-order valence-electron chi connectivity index (χ3n) is 12.4. The highest BCUT2D eigenvalue weighted by Gasteiger charge is 2.43. The van der Waals surface area contributed by atoms with Crippen LogP contribution in [0.4, 0.5) is 18.9 Å². The molecule has 0 bridgehead atoms. The summed E-state index contributed by atoms with van der Waals surface area (Å²) < 4.78 is 93.1. The second-order valence-electron chi connectivity index (χ2n) is 15.0. The zero-order chi connectivity index (χ0) is 39.8. The molecule has 2 aliphatic heterocycles. The lowest BCUT2D eigenvalue weighted by atomic mass is 9.67. The summed E-state index contributed by atoms with van der Waals surface area (Å²) in [5.41, 5.74) is 5.31. The molecule has 2 atom stereocenters. The first-order valence-corrected chi connectivity index (χ1v) is 21.3. The first-order chi connectivity index (χ1) is 27.2. The number of ether oxygens (including phenoxy) is 1. The smallest absolute Gasteiger partial charge is 0.168 e. The average molecular weight is 815 g/mol. The highest BCUT2D eigenvalue weighted by Crippen LogP contribution is 2.56. The topological polar surface area (TPSA) is 69.7 Å². The maximum absolute atomic E-state index is 16.5. The van der Waals surface area contributed by atoms with Gasteiger partial charge in [0.05, 0.1) is 5.54 Å². The molecule has 0 saturated heterocycles. The summed E-state index contributed by atoms with van der Waals surface area (Å²) in [7, 11) is -3.71.